The van der Waals surface area contributed by atoms with Gasteiger partial charge in [0.05, 0.1) is 24.6 Å². The minimum Gasteiger partial charge on any atom is -0.490 e. The Kier molecular flexibility index (Phi) is 6.05. The van der Waals surface area contributed by atoms with Crippen LogP contribution in [0.25, 0.3) is 10.9 Å². The lowest BCUT2D eigenvalue weighted by Crippen LogP contribution is -2.50. The molecule has 0 radical (unpaired) electrons. The zero-order valence-electron chi connectivity index (χ0n) is 22.2. The van der Waals surface area contributed by atoms with Crippen molar-refractivity contribution in [2.24, 2.45) is 0 Å². The molecule has 200 valence electrons. The summed E-state index contributed by atoms with van der Waals surface area (Å²) in [4.78, 5) is 34.2. The Morgan fingerprint density at radius 2 is 1.77 bits per heavy atom. The number of rotatable bonds is 7. The summed E-state index contributed by atoms with van der Waals surface area (Å²) < 4.78 is 25.5. The Hall–Kier alpha value is -4.33. The van der Waals surface area contributed by atoms with E-state index in [1.165, 1.54) is 24.3 Å². The van der Waals surface area contributed by atoms with Crippen molar-refractivity contribution in [1.82, 2.24) is 9.88 Å². The lowest BCUT2D eigenvalue weighted by atomic mass is 9.78. The van der Waals surface area contributed by atoms with Gasteiger partial charge in [0.15, 0.2) is 17.0 Å². The molecule has 2 atom stereocenters. The molecular weight excluding hydrogens is 497 g/mol. The van der Waals surface area contributed by atoms with Gasteiger partial charge < -0.3 is 19.4 Å². The smallest absolute Gasteiger partial charge is 0.332 e. The number of H-pyrrole nitrogens is 1. The molecule has 0 unspecified atom stereocenters. The fourth-order valence-electron chi connectivity index (χ4n) is 5.85. The molecule has 3 heterocycles. The van der Waals surface area contributed by atoms with Crippen LogP contribution in [0.1, 0.15) is 49.9 Å². The zero-order chi connectivity index (χ0) is 27.3. The first kappa shape index (κ1) is 25.0. The van der Waals surface area contributed by atoms with Gasteiger partial charge in [-0.05, 0) is 73.9 Å². The lowest BCUT2D eigenvalue weighted by Gasteiger charge is -2.40. The van der Waals surface area contributed by atoms with E-state index in [1.807, 2.05) is 49.4 Å². The van der Waals surface area contributed by atoms with Crippen molar-refractivity contribution in [3.63, 3.8) is 0 Å². The number of hydrogen-bond acceptors (Lipinski definition) is 4. The van der Waals surface area contributed by atoms with E-state index in [2.05, 4.69) is 11.9 Å². The molecule has 2 aliphatic heterocycles. The molecule has 0 spiro atoms. The number of halogens is 1. The minimum absolute atomic E-state index is 0.228. The minimum atomic E-state index is -1.25. The van der Waals surface area contributed by atoms with E-state index in [9.17, 15) is 14.0 Å². The number of urea groups is 1. The third-order valence-electron chi connectivity index (χ3n) is 7.74. The largest absolute Gasteiger partial charge is 0.490 e. The van der Waals surface area contributed by atoms with Gasteiger partial charge in [-0.25, -0.2) is 14.1 Å². The molecule has 0 bridgehead atoms. The normalized spacial score (nSPS) is 20.4. The number of amides is 3. The van der Waals surface area contributed by atoms with Crippen molar-refractivity contribution < 1.29 is 23.5 Å². The van der Waals surface area contributed by atoms with Crippen LogP contribution >= 0.6 is 0 Å². The molecule has 1 aromatic heterocycles. The number of fused-ring (bicyclic) bond motifs is 5. The van der Waals surface area contributed by atoms with Gasteiger partial charge in [0.2, 0.25) is 0 Å². The van der Waals surface area contributed by atoms with Gasteiger partial charge in [0.25, 0.3) is 5.91 Å². The maximum Gasteiger partial charge on any atom is 0.332 e. The Morgan fingerprint density at radius 1 is 1.00 bits per heavy atom. The van der Waals surface area contributed by atoms with Crippen LogP contribution in [-0.4, -0.2) is 41.6 Å². The number of carbonyl (C=O) groups is 2. The van der Waals surface area contributed by atoms with Gasteiger partial charge >= 0.3 is 6.03 Å². The number of carbonyl (C=O) groups excluding carboxylic acids is 2. The van der Waals surface area contributed by atoms with Crippen LogP contribution in [0.3, 0.4) is 0 Å². The molecule has 2 aliphatic rings. The number of para-hydroxylation sites is 1. The van der Waals surface area contributed by atoms with Crippen molar-refractivity contribution in [2.45, 2.75) is 38.6 Å². The molecule has 3 amide bonds. The third-order valence-corrected chi connectivity index (χ3v) is 7.74. The van der Waals surface area contributed by atoms with Gasteiger partial charge in [-0.1, -0.05) is 31.2 Å². The quantitative estimate of drug-likeness (QED) is 0.285. The number of aromatic amines is 1. The van der Waals surface area contributed by atoms with Gasteiger partial charge in [-0.3, -0.25) is 4.79 Å². The molecule has 6 rings (SSSR count). The number of benzene rings is 3. The van der Waals surface area contributed by atoms with Crippen molar-refractivity contribution in [2.75, 3.05) is 24.7 Å². The molecule has 1 fully saturated rings. The van der Waals surface area contributed by atoms with Crippen molar-refractivity contribution in [1.29, 1.82) is 0 Å². The standard InChI is InChI=1S/C31H30FN3O4/c1-4-16-39-25-15-10-19(17-26(25)38-5-2)23-18-34-30(37)35(21-13-11-20(32)12-14-21)29(36)31(34,3)28-27(23)22-8-6-7-9-24(22)33-28/h6-15,17,23,33H,4-5,16,18H2,1-3H3/t23-,31-/m0/s1. The summed E-state index contributed by atoms with van der Waals surface area (Å²) >= 11 is 0. The number of anilines is 1. The first-order valence-corrected chi connectivity index (χ1v) is 13.3. The van der Waals surface area contributed by atoms with E-state index < -0.39 is 17.4 Å². The average molecular weight is 528 g/mol. The number of nitrogens with zero attached hydrogens (tertiary/aromatic N) is 2. The van der Waals surface area contributed by atoms with Crippen LogP contribution in [0.2, 0.25) is 0 Å². The molecule has 4 aromatic rings. The number of aromatic nitrogens is 1. The van der Waals surface area contributed by atoms with Crippen LogP contribution in [0.15, 0.2) is 66.7 Å². The SMILES string of the molecule is CCCOc1ccc([C@@H]2CN3C(=O)N(c4ccc(F)cc4)C(=O)[C@]3(C)c3[nH]c4ccccc4c32)cc1OCC. The number of nitrogens with one attached hydrogen (secondary N) is 1. The average Bonchev–Trinajstić information content (AvgIpc) is 3.42. The van der Waals surface area contributed by atoms with Crippen molar-refractivity contribution in [3.8, 4) is 11.5 Å². The highest BCUT2D eigenvalue weighted by Gasteiger charge is 2.60. The second-order valence-electron chi connectivity index (χ2n) is 10.1. The van der Waals surface area contributed by atoms with E-state index in [0.717, 1.165) is 33.4 Å². The van der Waals surface area contributed by atoms with E-state index in [1.54, 1.807) is 11.8 Å². The Bertz CT molecular complexity index is 1580. The maximum atomic E-state index is 14.0. The van der Waals surface area contributed by atoms with E-state index in [0.29, 0.717) is 36.1 Å². The summed E-state index contributed by atoms with van der Waals surface area (Å²) in [6.45, 7) is 7.12. The highest BCUT2D eigenvalue weighted by atomic mass is 19.1. The molecule has 0 aliphatic carbocycles. The van der Waals surface area contributed by atoms with Crippen LogP contribution in [-0.2, 0) is 10.3 Å². The summed E-state index contributed by atoms with van der Waals surface area (Å²) in [7, 11) is 0. The molecule has 39 heavy (non-hydrogen) atoms. The molecular formula is C31H30FN3O4. The Labute approximate surface area is 226 Å². The van der Waals surface area contributed by atoms with Crippen LogP contribution in [0, 0.1) is 5.82 Å². The van der Waals surface area contributed by atoms with Gasteiger partial charge in [0.1, 0.15) is 5.82 Å². The third kappa shape index (κ3) is 3.77. The molecule has 8 heteroatoms. The summed E-state index contributed by atoms with van der Waals surface area (Å²) in [5.41, 5.74) is 2.61. The predicted molar refractivity (Wildman–Crippen MR) is 147 cm³/mol. The number of imide groups is 1. The Balaban J connectivity index is 1.52. The fourth-order valence-corrected chi connectivity index (χ4v) is 5.85. The fraction of sp³-hybridized carbons (Fsp3) is 0.290. The van der Waals surface area contributed by atoms with Gasteiger partial charge in [0, 0.05) is 23.4 Å². The molecule has 3 aromatic carbocycles. The first-order chi connectivity index (χ1) is 18.9. The van der Waals surface area contributed by atoms with E-state index >= 15 is 0 Å². The summed E-state index contributed by atoms with van der Waals surface area (Å²) in [6.07, 6.45) is 0.878. The summed E-state index contributed by atoms with van der Waals surface area (Å²) in [5, 5.41) is 1.00. The number of hydrogen-bond donors (Lipinski definition) is 1. The Morgan fingerprint density at radius 3 is 2.51 bits per heavy atom. The number of ether oxygens (including phenoxy) is 2. The molecule has 1 N–H and O–H groups in total. The summed E-state index contributed by atoms with van der Waals surface area (Å²) in [5.74, 6) is 0.292. The predicted octanol–water partition coefficient (Wildman–Crippen LogP) is 6.32. The maximum absolute atomic E-state index is 14.0. The van der Waals surface area contributed by atoms with E-state index in [4.69, 9.17) is 9.47 Å². The molecule has 0 saturated carbocycles. The molecule has 1 saturated heterocycles. The van der Waals surface area contributed by atoms with Crippen LogP contribution in [0.4, 0.5) is 14.9 Å². The summed E-state index contributed by atoms with van der Waals surface area (Å²) in [6, 6.07) is 18.8. The van der Waals surface area contributed by atoms with Crippen LogP contribution < -0.4 is 14.4 Å². The van der Waals surface area contributed by atoms with E-state index in [-0.39, 0.29) is 18.4 Å². The first-order valence-electron chi connectivity index (χ1n) is 13.3. The molecule has 7 nitrogen and oxygen atoms in total. The topological polar surface area (TPSA) is 74.9 Å². The second-order valence-corrected chi connectivity index (χ2v) is 10.1. The lowest BCUT2D eigenvalue weighted by molar-refractivity contribution is -0.125. The van der Waals surface area contributed by atoms with Crippen LogP contribution in [0.5, 0.6) is 11.5 Å². The van der Waals surface area contributed by atoms with Crippen molar-refractivity contribution in [3.05, 3.63) is 89.4 Å². The van der Waals surface area contributed by atoms with Gasteiger partial charge in [-0.15, -0.1) is 0 Å². The zero-order valence-corrected chi connectivity index (χ0v) is 22.2. The highest BCUT2D eigenvalue weighted by Crippen LogP contribution is 2.51. The second kappa shape index (κ2) is 9.45. The van der Waals surface area contributed by atoms with Gasteiger partial charge in [-0.2, -0.15) is 0 Å². The highest BCUT2D eigenvalue weighted by molar-refractivity contribution is 6.23. The van der Waals surface area contributed by atoms with Crippen molar-refractivity contribution >= 4 is 28.5 Å². The monoisotopic (exact) mass is 527 g/mol.